The van der Waals surface area contributed by atoms with Crippen LogP contribution in [-0.2, 0) is 13.6 Å². The number of rotatable bonds is 6. The molecule has 2 N–H and O–H groups in total. The molecule has 1 aliphatic heterocycles. The normalized spacial score (nSPS) is 17.8. The number of likely N-dealkylation sites (N-methyl/N-ethyl adjacent to an activating group) is 1. The molecule has 0 spiro atoms. The van der Waals surface area contributed by atoms with E-state index < -0.39 is 0 Å². The van der Waals surface area contributed by atoms with Gasteiger partial charge in [0.05, 0.1) is 24.8 Å². The van der Waals surface area contributed by atoms with Crippen molar-refractivity contribution in [1.82, 2.24) is 40.1 Å². The minimum Gasteiger partial charge on any atom is -0.357 e. The van der Waals surface area contributed by atoms with Crippen molar-refractivity contribution in [2.45, 2.75) is 45.3 Å². The third kappa shape index (κ3) is 5.43. The van der Waals surface area contributed by atoms with Crippen LogP contribution in [0.15, 0.2) is 17.4 Å². The van der Waals surface area contributed by atoms with Gasteiger partial charge in [0.15, 0.2) is 5.96 Å². The van der Waals surface area contributed by atoms with Crippen molar-refractivity contribution in [2.24, 2.45) is 12.0 Å². The van der Waals surface area contributed by atoms with E-state index in [0.29, 0.717) is 6.54 Å². The summed E-state index contributed by atoms with van der Waals surface area (Å²) in [6.07, 6.45) is 6.07. The van der Waals surface area contributed by atoms with Crippen molar-refractivity contribution in [3.63, 3.8) is 0 Å². The molecular weight excluding hydrogens is 469 g/mol. The van der Waals surface area contributed by atoms with Crippen molar-refractivity contribution in [3.05, 3.63) is 29.6 Å². The molecule has 28 heavy (non-hydrogen) atoms. The maximum Gasteiger partial charge on any atom is 0.191 e. The minimum absolute atomic E-state index is 0. The summed E-state index contributed by atoms with van der Waals surface area (Å²) in [5.41, 5.74) is 1.16. The molecule has 9 nitrogen and oxygen atoms in total. The Morgan fingerprint density at radius 2 is 2.21 bits per heavy atom. The van der Waals surface area contributed by atoms with Gasteiger partial charge in [-0.25, -0.2) is 9.67 Å². The van der Waals surface area contributed by atoms with Gasteiger partial charge in [0, 0.05) is 31.9 Å². The number of hydrogen-bond donors (Lipinski definition) is 2. The number of nitrogens with one attached hydrogen (secondary N) is 2. The summed E-state index contributed by atoms with van der Waals surface area (Å²) in [7, 11) is 6.08. The maximum absolute atomic E-state index is 4.85. The molecule has 3 heterocycles. The van der Waals surface area contributed by atoms with Gasteiger partial charge in [-0.05, 0) is 40.8 Å². The van der Waals surface area contributed by atoms with E-state index in [2.05, 4.69) is 51.7 Å². The number of aliphatic imine (C=N–C) groups is 1. The lowest BCUT2D eigenvalue weighted by Gasteiger charge is -2.26. The molecule has 3 rings (SSSR count). The Bertz CT molecular complexity index is 780. The highest BCUT2D eigenvalue weighted by molar-refractivity contribution is 14.0. The highest BCUT2D eigenvalue weighted by Gasteiger charge is 2.24. The van der Waals surface area contributed by atoms with Crippen molar-refractivity contribution in [1.29, 1.82) is 0 Å². The van der Waals surface area contributed by atoms with Gasteiger partial charge in [0.2, 0.25) is 0 Å². The van der Waals surface area contributed by atoms with Crippen LogP contribution in [0.1, 0.15) is 49.1 Å². The number of aryl methyl sites for hydroxylation is 3. The van der Waals surface area contributed by atoms with Gasteiger partial charge in [-0.3, -0.25) is 9.67 Å². The molecular formula is C18H32IN9. The van der Waals surface area contributed by atoms with Crippen molar-refractivity contribution in [2.75, 3.05) is 27.2 Å². The molecule has 2 atom stereocenters. The minimum atomic E-state index is 0. The molecule has 156 valence electrons. The van der Waals surface area contributed by atoms with Crippen LogP contribution in [0.25, 0.3) is 0 Å². The second-order valence-electron chi connectivity index (χ2n) is 7.23. The molecule has 0 bridgehead atoms. The molecule has 0 saturated carbocycles. The van der Waals surface area contributed by atoms with Crippen LogP contribution in [0.5, 0.6) is 0 Å². The van der Waals surface area contributed by atoms with Crippen LogP contribution in [0.3, 0.4) is 0 Å². The Morgan fingerprint density at radius 3 is 2.86 bits per heavy atom. The summed E-state index contributed by atoms with van der Waals surface area (Å²) >= 11 is 0. The molecule has 2 unspecified atom stereocenters. The molecule has 0 amide bonds. The second-order valence-corrected chi connectivity index (χ2v) is 7.23. The van der Waals surface area contributed by atoms with Gasteiger partial charge < -0.3 is 15.5 Å². The number of aromatic nitrogens is 5. The first kappa shape index (κ1) is 22.6. The number of guanidine groups is 1. The predicted octanol–water partition coefficient (Wildman–Crippen LogP) is 1.63. The smallest absolute Gasteiger partial charge is 0.191 e. The predicted molar refractivity (Wildman–Crippen MR) is 121 cm³/mol. The van der Waals surface area contributed by atoms with Crippen molar-refractivity contribution < 1.29 is 0 Å². The topological polar surface area (TPSA) is 88.2 Å². The van der Waals surface area contributed by atoms with Crippen LogP contribution in [0, 0.1) is 6.92 Å². The molecule has 1 aliphatic rings. The standard InChI is InChI=1S/C18H31N9.HI/c1-6-19-18(20-11-16(25(3)4)14-10-21-26(5)12-14)23-15-8-7-9-27-17(15)22-13(2)24-27;/h10,12,15-16H,6-9,11H2,1-5H3,(H2,19,20,23);1H. The van der Waals surface area contributed by atoms with Crippen molar-refractivity contribution >= 4 is 29.9 Å². The molecule has 0 saturated heterocycles. The molecule has 2 aromatic rings. The fourth-order valence-electron chi connectivity index (χ4n) is 3.45. The Balaban J connectivity index is 0.00000280. The monoisotopic (exact) mass is 501 g/mol. The first-order chi connectivity index (χ1) is 13.0. The lowest BCUT2D eigenvalue weighted by atomic mass is 10.1. The summed E-state index contributed by atoms with van der Waals surface area (Å²) < 4.78 is 3.84. The SMILES string of the molecule is CCNC(=NCC(c1cnn(C)c1)N(C)C)NC1CCCn2nc(C)nc21.I. The van der Waals surface area contributed by atoms with Gasteiger partial charge in [0.25, 0.3) is 0 Å². The van der Waals surface area contributed by atoms with E-state index in [4.69, 9.17) is 4.99 Å². The van der Waals surface area contributed by atoms with Crippen LogP contribution in [0.4, 0.5) is 0 Å². The van der Waals surface area contributed by atoms with E-state index in [1.165, 1.54) is 0 Å². The maximum atomic E-state index is 4.85. The van der Waals surface area contributed by atoms with E-state index in [1.807, 2.05) is 35.7 Å². The Labute approximate surface area is 184 Å². The number of nitrogens with zero attached hydrogens (tertiary/aromatic N) is 7. The van der Waals surface area contributed by atoms with E-state index in [9.17, 15) is 0 Å². The van der Waals surface area contributed by atoms with Crippen molar-refractivity contribution in [3.8, 4) is 0 Å². The molecule has 2 aromatic heterocycles. The zero-order valence-electron chi connectivity index (χ0n) is 17.4. The van der Waals surface area contributed by atoms with E-state index in [1.54, 1.807) is 0 Å². The van der Waals surface area contributed by atoms with Crippen LogP contribution in [0.2, 0.25) is 0 Å². The third-order valence-corrected chi connectivity index (χ3v) is 4.79. The molecule has 0 radical (unpaired) electrons. The lowest BCUT2D eigenvalue weighted by molar-refractivity contribution is 0.306. The first-order valence-corrected chi connectivity index (χ1v) is 9.59. The summed E-state index contributed by atoms with van der Waals surface area (Å²) in [6, 6.07) is 0.306. The Kier molecular flexibility index (Phi) is 8.23. The molecule has 0 aliphatic carbocycles. The van der Waals surface area contributed by atoms with Crippen LogP contribution < -0.4 is 10.6 Å². The third-order valence-electron chi connectivity index (χ3n) is 4.79. The highest BCUT2D eigenvalue weighted by Crippen LogP contribution is 2.23. The molecule has 10 heteroatoms. The summed E-state index contributed by atoms with van der Waals surface area (Å²) in [5.74, 6) is 2.64. The van der Waals surface area contributed by atoms with Gasteiger partial charge in [-0.15, -0.1) is 24.0 Å². The van der Waals surface area contributed by atoms with Gasteiger partial charge in [-0.1, -0.05) is 0 Å². The van der Waals surface area contributed by atoms with Gasteiger partial charge in [-0.2, -0.15) is 10.2 Å². The Hall–Kier alpha value is -1.69. The van der Waals surface area contributed by atoms with E-state index in [0.717, 1.165) is 49.1 Å². The highest BCUT2D eigenvalue weighted by atomic mass is 127. The number of fused-ring (bicyclic) bond motifs is 1. The van der Waals surface area contributed by atoms with Crippen LogP contribution >= 0.6 is 24.0 Å². The fraction of sp³-hybridized carbons (Fsp3) is 0.667. The summed E-state index contributed by atoms with van der Waals surface area (Å²) in [4.78, 5) is 11.6. The Morgan fingerprint density at radius 1 is 1.43 bits per heavy atom. The van der Waals surface area contributed by atoms with E-state index in [-0.39, 0.29) is 36.1 Å². The average Bonchev–Trinajstić information content (AvgIpc) is 3.20. The molecule has 0 aromatic carbocycles. The van der Waals surface area contributed by atoms with Gasteiger partial charge in [0.1, 0.15) is 11.6 Å². The summed E-state index contributed by atoms with van der Waals surface area (Å²) in [6.45, 7) is 6.41. The van der Waals surface area contributed by atoms with Crippen LogP contribution in [-0.4, -0.2) is 62.6 Å². The second kappa shape index (κ2) is 10.2. The number of halogens is 1. The first-order valence-electron chi connectivity index (χ1n) is 9.59. The van der Waals surface area contributed by atoms with Gasteiger partial charge >= 0.3 is 0 Å². The largest absolute Gasteiger partial charge is 0.357 e. The number of hydrogen-bond acceptors (Lipinski definition) is 5. The molecule has 0 fully saturated rings. The fourth-order valence-corrected chi connectivity index (χ4v) is 3.45. The lowest BCUT2D eigenvalue weighted by Crippen LogP contribution is -2.42. The zero-order valence-corrected chi connectivity index (χ0v) is 19.7. The summed E-state index contributed by atoms with van der Waals surface area (Å²) in [5, 5.41) is 15.7. The zero-order chi connectivity index (χ0) is 19.4. The van der Waals surface area contributed by atoms with E-state index >= 15 is 0 Å². The quantitative estimate of drug-likeness (QED) is 0.356. The average molecular weight is 501 g/mol.